The van der Waals surface area contributed by atoms with Gasteiger partial charge < -0.3 is 4.89 Å². The summed E-state index contributed by atoms with van der Waals surface area (Å²) in [5, 5.41) is 0. The summed E-state index contributed by atoms with van der Waals surface area (Å²) in [6.45, 7) is 1.85. The van der Waals surface area contributed by atoms with E-state index in [0.717, 1.165) is 6.16 Å². The van der Waals surface area contributed by atoms with Crippen molar-refractivity contribution >= 4 is 16.0 Å². The maximum atomic E-state index is 9.65. The van der Waals surface area contributed by atoms with E-state index in [1.165, 1.54) is 0 Å². The molecule has 0 rings (SSSR count). The zero-order valence-electron chi connectivity index (χ0n) is 3.47. The molecule has 0 heterocycles. The maximum Gasteiger partial charge on any atom is 0.322 e. The molecule has 0 aromatic rings. The Labute approximate surface area is 39.5 Å². The van der Waals surface area contributed by atoms with E-state index in [0.29, 0.717) is 0 Å². The van der Waals surface area contributed by atoms with Gasteiger partial charge >= 0.3 is 7.72 Å². The molecule has 0 aliphatic carbocycles. The lowest BCUT2D eigenvalue weighted by Crippen LogP contribution is -1.77. The Balaban J connectivity index is 2.83. The van der Waals surface area contributed by atoms with Crippen molar-refractivity contribution in [1.82, 2.24) is 0 Å². The van der Waals surface area contributed by atoms with Crippen LogP contribution in [-0.4, -0.2) is 6.16 Å². The molecule has 2 unspecified atom stereocenters. The number of rotatable bonds is 2. The van der Waals surface area contributed by atoms with Crippen LogP contribution in [0.1, 0.15) is 6.92 Å². The molecule has 0 aromatic carbocycles. The van der Waals surface area contributed by atoms with Crippen LogP contribution in [0.2, 0.25) is 0 Å². The predicted octanol–water partition coefficient (Wildman–Crippen LogP) is 0.702. The van der Waals surface area contributed by atoms with Gasteiger partial charge in [-0.3, -0.25) is 0 Å². The Morgan fingerprint density at radius 3 is 2.50 bits per heavy atom. The van der Waals surface area contributed by atoms with Gasteiger partial charge in [0.2, 0.25) is 0 Å². The average molecular weight is 124 g/mol. The molecule has 0 N–H and O–H groups in total. The fourth-order valence-electron chi connectivity index (χ4n) is 0.129. The molecule has 0 aromatic heterocycles. The van der Waals surface area contributed by atoms with Gasteiger partial charge in [0.05, 0.1) is 0 Å². The van der Waals surface area contributed by atoms with E-state index in [9.17, 15) is 9.46 Å². The summed E-state index contributed by atoms with van der Waals surface area (Å²) in [5.74, 6) is 0. The second-order valence-electron chi connectivity index (χ2n) is 0.769. The molecule has 2 nitrogen and oxygen atoms in total. The fourth-order valence-corrected chi connectivity index (χ4v) is 1.16. The molecule has 0 radical (unpaired) electrons. The number of hydrogen-bond acceptors (Lipinski definition) is 2. The zero-order valence-corrected chi connectivity index (χ0v) is 5.37. The van der Waals surface area contributed by atoms with Crippen LogP contribution in [0.5, 0.6) is 0 Å². The van der Waals surface area contributed by atoms with Crippen LogP contribution in [-0.2, 0) is 4.57 Å². The third-order valence-corrected chi connectivity index (χ3v) is 2.58. The van der Waals surface area contributed by atoms with Gasteiger partial charge in [0.1, 0.15) is 8.27 Å². The molecule has 0 amide bonds. The van der Waals surface area contributed by atoms with Crippen molar-refractivity contribution in [2.75, 3.05) is 6.16 Å². The van der Waals surface area contributed by atoms with Gasteiger partial charge in [-0.15, -0.1) is 0 Å². The molecule has 0 saturated carbocycles. The highest BCUT2D eigenvalue weighted by Crippen LogP contribution is 2.34. The first kappa shape index (κ1) is 6.49. The Bertz CT molecular complexity index is 53.5. The van der Waals surface area contributed by atoms with E-state index in [4.69, 9.17) is 0 Å². The smallest absolute Gasteiger partial charge is 0.322 e. The third-order valence-electron chi connectivity index (χ3n) is 0.287. The minimum atomic E-state index is -2.07. The summed E-state index contributed by atoms with van der Waals surface area (Å²) in [6, 6.07) is 0. The number of hydrogen-bond donors (Lipinski definition) is 0. The van der Waals surface area contributed by atoms with E-state index in [-0.39, 0.29) is 8.27 Å². The molecule has 36 valence electrons. The lowest BCUT2D eigenvalue weighted by Gasteiger charge is -1.76. The van der Waals surface area contributed by atoms with Crippen molar-refractivity contribution in [3.8, 4) is 0 Å². The van der Waals surface area contributed by atoms with Crippen LogP contribution in [0.3, 0.4) is 0 Å². The lowest BCUT2D eigenvalue weighted by molar-refractivity contribution is -0.158. The van der Waals surface area contributed by atoms with Crippen LogP contribution in [0, 0.1) is 0 Å². The van der Waals surface area contributed by atoms with Crippen LogP contribution < -0.4 is 4.89 Å². The van der Waals surface area contributed by atoms with Gasteiger partial charge in [0.15, 0.2) is 0 Å². The van der Waals surface area contributed by atoms with Gasteiger partial charge in [-0.05, 0) is 0 Å². The van der Waals surface area contributed by atoms with Crippen molar-refractivity contribution in [3.63, 3.8) is 0 Å². The second kappa shape index (κ2) is 3.67. The van der Waals surface area contributed by atoms with Crippen molar-refractivity contribution in [2.45, 2.75) is 6.92 Å². The molecule has 0 bridgehead atoms. The molecule has 0 aliphatic heterocycles. The van der Waals surface area contributed by atoms with Crippen LogP contribution in [0.15, 0.2) is 0 Å². The first-order valence-corrected chi connectivity index (χ1v) is 4.88. The molecular weight excluding hydrogens is 118 g/mol. The quantitative estimate of drug-likeness (QED) is 0.508. The second-order valence-corrected chi connectivity index (χ2v) is 4.35. The minimum Gasteiger partial charge on any atom is -0.594 e. The van der Waals surface area contributed by atoms with Crippen molar-refractivity contribution in [2.24, 2.45) is 0 Å². The normalized spacial score (nSPS) is 13.3. The molecular formula is C2H6O2P2. The van der Waals surface area contributed by atoms with E-state index in [1.807, 2.05) is 6.92 Å². The predicted molar refractivity (Wildman–Crippen MR) is 26.5 cm³/mol. The van der Waals surface area contributed by atoms with Crippen LogP contribution in [0.25, 0.3) is 0 Å². The van der Waals surface area contributed by atoms with Gasteiger partial charge in [-0.25, -0.2) is 0 Å². The maximum absolute atomic E-state index is 9.65. The Kier molecular flexibility index (Phi) is 3.97. The van der Waals surface area contributed by atoms with Crippen LogP contribution >= 0.6 is 16.0 Å². The summed E-state index contributed by atoms with van der Waals surface area (Å²) >= 11 is 0. The van der Waals surface area contributed by atoms with Crippen LogP contribution in [0.4, 0.5) is 0 Å². The standard InChI is InChI=1S/C2H6O2P2/c1-2-5-6(3)4/h5H,2H2,1H3. The van der Waals surface area contributed by atoms with Crippen molar-refractivity contribution < 1.29 is 9.46 Å². The molecule has 4 heteroatoms. The molecule has 0 saturated heterocycles. The monoisotopic (exact) mass is 124 g/mol. The zero-order chi connectivity index (χ0) is 4.99. The summed E-state index contributed by atoms with van der Waals surface area (Å²) in [5.41, 5.74) is 0. The molecule has 0 fully saturated rings. The Morgan fingerprint density at radius 1 is 2.00 bits per heavy atom. The Hall–Kier alpha value is 0.490. The first-order valence-electron chi connectivity index (χ1n) is 1.65. The molecule has 6 heavy (non-hydrogen) atoms. The fraction of sp³-hybridized carbons (Fsp3) is 1.00. The largest absolute Gasteiger partial charge is 0.594 e. The van der Waals surface area contributed by atoms with Gasteiger partial charge in [0, 0.05) is 6.16 Å². The highest BCUT2D eigenvalue weighted by molar-refractivity contribution is 8.11. The van der Waals surface area contributed by atoms with E-state index < -0.39 is 7.72 Å². The molecule has 2 atom stereocenters. The van der Waals surface area contributed by atoms with E-state index in [1.54, 1.807) is 0 Å². The van der Waals surface area contributed by atoms with Gasteiger partial charge in [-0.2, -0.15) is 0 Å². The van der Waals surface area contributed by atoms with Gasteiger partial charge in [0.25, 0.3) is 0 Å². The summed E-state index contributed by atoms with van der Waals surface area (Å²) < 4.78 is 9.65. The molecule has 0 spiro atoms. The van der Waals surface area contributed by atoms with Crippen molar-refractivity contribution in [3.05, 3.63) is 0 Å². The highest BCUT2D eigenvalue weighted by atomic mass is 32.0. The Morgan fingerprint density at radius 2 is 2.50 bits per heavy atom. The highest BCUT2D eigenvalue weighted by Gasteiger charge is 1.92. The van der Waals surface area contributed by atoms with Gasteiger partial charge in [-0.1, -0.05) is 11.5 Å². The average Bonchev–Trinajstić information content (AvgIpc) is 1.35. The summed E-state index contributed by atoms with van der Waals surface area (Å²) in [7, 11) is -1.95. The minimum absolute atomic E-state index is 0.125. The SMILES string of the molecule is CCP[P+](=O)[O-]. The first-order chi connectivity index (χ1) is 2.77. The summed E-state index contributed by atoms with van der Waals surface area (Å²) in [6.07, 6.45) is 0.763. The summed E-state index contributed by atoms with van der Waals surface area (Å²) in [4.78, 5) is 9.65. The lowest BCUT2D eigenvalue weighted by atomic mass is 11.0. The topological polar surface area (TPSA) is 40.1 Å². The molecule has 0 aliphatic rings. The van der Waals surface area contributed by atoms with E-state index in [2.05, 4.69) is 0 Å². The van der Waals surface area contributed by atoms with Crippen molar-refractivity contribution in [1.29, 1.82) is 0 Å². The van der Waals surface area contributed by atoms with E-state index >= 15 is 0 Å². The third kappa shape index (κ3) is 4.49.